The lowest BCUT2D eigenvalue weighted by Gasteiger charge is -2.22. The van der Waals surface area contributed by atoms with Crippen molar-refractivity contribution in [2.75, 3.05) is 0 Å². The summed E-state index contributed by atoms with van der Waals surface area (Å²) >= 11 is 0. The molecule has 0 amide bonds. The van der Waals surface area contributed by atoms with E-state index in [1.54, 1.807) is 0 Å². The number of hydrogen-bond acceptors (Lipinski definition) is 7. The van der Waals surface area contributed by atoms with E-state index in [1.165, 1.54) is 64.7 Å². The number of esters is 1. The maximum absolute atomic E-state index is 12.2. The molecule has 0 unspecified atom stereocenters. The summed E-state index contributed by atoms with van der Waals surface area (Å²) in [5.41, 5.74) is 0. The van der Waals surface area contributed by atoms with Gasteiger partial charge in [0.1, 0.15) is 17.7 Å². The molecule has 0 saturated carbocycles. The Kier molecular flexibility index (Phi) is 19.5. The fourth-order valence-electron chi connectivity index (χ4n) is 6.55. The van der Waals surface area contributed by atoms with E-state index in [1.807, 2.05) is 0 Å². The van der Waals surface area contributed by atoms with Crippen molar-refractivity contribution in [3.8, 4) is 0 Å². The fraction of sp³-hybridized carbons (Fsp3) is 0.914. The van der Waals surface area contributed by atoms with Gasteiger partial charge in [-0.3, -0.25) is 9.59 Å². The number of ketones is 2. The molecular weight excluding hydrogens is 532 g/mol. The number of cyclic esters (lactones) is 1. The second kappa shape index (κ2) is 22.2. The van der Waals surface area contributed by atoms with Gasteiger partial charge < -0.3 is 24.5 Å². The minimum atomic E-state index is -0.505. The Hall–Kier alpha value is -1.31. The SMILES string of the molecule is CCCCCCCCCCCC[C@H](O)[C@H]1CC[C@@H]([C@H](O)CCCCCC(=O)CCCC[C@@H]2C[C@@H](CC(C)=O)C(=O)O2)O1. The molecule has 2 heterocycles. The van der Waals surface area contributed by atoms with Crippen LogP contribution in [0.25, 0.3) is 0 Å². The molecule has 2 rings (SSSR count). The second-order valence-corrected chi connectivity index (χ2v) is 13.2. The lowest BCUT2D eigenvalue weighted by Crippen LogP contribution is -2.31. The van der Waals surface area contributed by atoms with Crippen LogP contribution in [0.5, 0.6) is 0 Å². The van der Waals surface area contributed by atoms with Gasteiger partial charge in [0.05, 0.1) is 30.3 Å². The molecule has 2 N–H and O–H groups in total. The van der Waals surface area contributed by atoms with Gasteiger partial charge >= 0.3 is 5.97 Å². The number of rotatable bonds is 26. The topological polar surface area (TPSA) is 110 Å². The average molecular weight is 595 g/mol. The summed E-state index contributed by atoms with van der Waals surface area (Å²) in [5, 5.41) is 21.2. The van der Waals surface area contributed by atoms with E-state index in [0.717, 1.165) is 64.2 Å². The molecule has 0 aromatic heterocycles. The van der Waals surface area contributed by atoms with Crippen LogP contribution in [0.15, 0.2) is 0 Å². The maximum Gasteiger partial charge on any atom is 0.309 e. The number of unbranched alkanes of at least 4 members (excludes halogenated alkanes) is 12. The zero-order valence-electron chi connectivity index (χ0n) is 26.9. The van der Waals surface area contributed by atoms with Crippen LogP contribution in [-0.2, 0) is 23.9 Å². The van der Waals surface area contributed by atoms with Crippen LogP contribution in [0, 0.1) is 5.92 Å². The number of carbonyl (C=O) groups is 3. The van der Waals surface area contributed by atoms with Crippen molar-refractivity contribution in [3.05, 3.63) is 0 Å². The lowest BCUT2D eigenvalue weighted by molar-refractivity contribution is -0.145. The Balaban J connectivity index is 1.41. The highest BCUT2D eigenvalue weighted by Crippen LogP contribution is 2.29. The van der Waals surface area contributed by atoms with Crippen molar-refractivity contribution in [1.82, 2.24) is 0 Å². The molecule has 2 fully saturated rings. The number of carbonyl (C=O) groups excluding carboxylic acids is 3. The summed E-state index contributed by atoms with van der Waals surface area (Å²) in [5.74, 6) is -0.261. The van der Waals surface area contributed by atoms with Crippen molar-refractivity contribution >= 4 is 17.5 Å². The van der Waals surface area contributed by atoms with Crippen LogP contribution in [0.3, 0.4) is 0 Å². The molecule has 42 heavy (non-hydrogen) atoms. The Bertz CT molecular complexity index is 754. The number of aliphatic hydroxyl groups excluding tert-OH is 2. The molecule has 244 valence electrons. The van der Waals surface area contributed by atoms with E-state index >= 15 is 0 Å². The highest BCUT2D eigenvalue weighted by Gasteiger charge is 2.35. The second-order valence-electron chi connectivity index (χ2n) is 13.2. The molecule has 7 nitrogen and oxygen atoms in total. The van der Waals surface area contributed by atoms with Crippen LogP contribution in [0.4, 0.5) is 0 Å². The molecule has 6 atom stereocenters. The zero-order chi connectivity index (χ0) is 30.6. The normalized spacial score (nSPS) is 23.7. The van der Waals surface area contributed by atoms with Gasteiger partial charge in [-0.25, -0.2) is 0 Å². The first-order valence-electron chi connectivity index (χ1n) is 17.5. The Morgan fingerprint density at radius 3 is 1.81 bits per heavy atom. The van der Waals surface area contributed by atoms with Crippen LogP contribution in [0.2, 0.25) is 0 Å². The molecule has 0 radical (unpaired) electrons. The molecule has 0 aromatic rings. The molecule has 0 aromatic carbocycles. The van der Waals surface area contributed by atoms with Crippen molar-refractivity contribution in [2.24, 2.45) is 5.92 Å². The molecule has 0 bridgehead atoms. The van der Waals surface area contributed by atoms with Gasteiger partial charge in [0.25, 0.3) is 0 Å². The summed E-state index contributed by atoms with van der Waals surface area (Å²) in [6.45, 7) is 3.75. The third kappa shape index (κ3) is 16.0. The largest absolute Gasteiger partial charge is 0.462 e. The van der Waals surface area contributed by atoms with E-state index in [4.69, 9.17) is 9.47 Å². The zero-order valence-corrected chi connectivity index (χ0v) is 26.9. The van der Waals surface area contributed by atoms with Gasteiger partial charge in [-0.15, -0.1) is 0 Å². The first-order chi connectivity index (χ1) is 20.3. The predicted molar refractivity (Wildman–Crippen MR) is 166 cm³/mol. The third-order valence-corrected chi connectivity index (χ3v) is 9.18. The van der Waals surface area contributed by atoms with Crippen LogP contribution in [0.1, 0.15) is 168 Å². The Morgan fingerprint density at radius 2 is 1.26 bits per heavy atom. The Labute approximate surface area is 255 Å². The lowest BCUT2D eigenvalue weighted by atomic mass is 9.96. The van der Waals surface area contributed by atoms with Crippen molar-refractivity contribution in [1.29, 1.82) is 0 Å². The van der Waals surface area contributed by atoms with Crippen molar-refractivity contribution in [3.63, 3.8) is 0 Å². The van der Waals surface area contributed by atoms with E-state index in [0.29, 0.717) is 25.7 Å². The molecule has 2 saturated heterocycles. The summed E-state index contributed by atoms with van der Waals surface area (Å²) in [6.07, 6.45) is 21.6. The van der Waals surface area contributed by atoms with Crippen LogP contribution in [-0.4, -0.2) is 58.3 Å². The molecule has 0 spiro atoms. The van der Waals surface area contributed by atoms with Gasteiger partial charge in [-0.05, 0) is 64.7 Å². The molecule has 0 aliphatic carbocycles. The van der Waals surface area contributed by atoms with Crippen molar-refractivity contribution in [2.45, 2.75) is 198 Å². The summed E-state index contributed by atoms with van der Waals surface area (Å²) in [6, 6.07) is 0. The summed E-state index contributed by atoms with van der Waals surface area (Å²) in [7, 11) is 0. The quantitative estimate of drug-likeness (QED) is 0.0785. The van der Waals surface area contributed by atoms with Gasteiger partial charge in [-0.2, -0.15) is 0 Å². The number of hydrogen-bond donors (Lipinski definition) is 2. The third-order valence-electron chi connectivity index (χ3n) is 9.18. The predicted octanol–water partition coefficient (Wildman–Crippen LogP) is 7.56. The Morgan fingerprint density at radius 1 is 0.762 bits per heavy atom. The summed E-state index contributed by atoms with van der Waals surface area (Å²) in [4.78, 5) is 35.3. The van der Waals surface area contributed by atoms with E-state index in [9.17, 15) is 24.6 Å². The summed E-state index contributed by atoms with van der Waals surface area (Å²) < 4.78 is 11.4. The monoisotopic (exact) mass is 594 g/mol. The fourth-order valence-corrected chi connectivity index (χ4v) is 6.55. The minimum Gasteiger partial charge on any atom is -0.462 e. The number of aliphatic hydroxyl groups is 2. The molecule has 7 heteroatoms. The van der Waals surface area contributed by atoms with Crippen molar-refractivity contribution < 1.29 is 34.1 Å². The van der Waals surface area contributed by atoms with E-state index in [2.05, 4.69) is 6.92 Å². The van der Waals surface area contributed by atoms with E-state index < -0.39 is 12.2 Å². The average Bonchev–Trinajstić information content (AvgIpc) is 3.58. The highest BCUT2D eigenvalue weighted by molar-refractivity contribution is 5.83. The standard InChI is InChI=1S/C35H62O7/c1-3-4-5-6-7-8-9-10-11-14-21-31(38)33-23-24-34(42-33)32(39)22-15-12-13-18-29(37)19-16-17-20-30-26-28(25-27(2)36)35(40)41-30/h28,30-34,38-39H,3-26H2,1-2H3/t28-,30-,31+,32-,33-,34+/m1/s1. The van der Waals surface area contributed by atoms with Gasteiger partial charge in [0.2, 0.25) is 0 Å². The van der Waals surface area contributed by atoms with Crippen LogP contribution < -0.4 is 0 Å². The van der Waals surface area contributed by atoms with Crippen LogP contribution >= 0.6 is 0 Å². The number of Topliss-reactive ketones (excluding diaryl/α,β-unsaturated/α-hetero) is 2. The molecular formula is C35H62O7. The van der Waals surface area contributed by atoms with Gasteiger partial charge in [0, 0.05) is 19.3 Å². The smallest absolute Gasteiger partial charge is 0.309 e. The maximum atomic E-state index is 12.2. The van der Waals surface area contributed by atoms with Gasteiger partial charge in [-0.1, -0.05) is 84.0 Å². The molecule has 2 aliphatic rings. The first kappa shape index (κ1) is 36.9. The number of ether oxygens (including phenoxy) is 2. The van der Waals surface area contributed by atoms with Gasteiger partial charge in [0.15, 0.2) is 0 Å². The minimum absolute atomic E-state index is 0.0167. The highest BCUT2D eigenvalue weighted by atomic mass is 16.6. The first-order valence-corrected chi connectivity index (χ1v) is 17.5. The molecule has 2 aliphatic heterocycles. The van der Waals surface area contributed by atoms with E-state index in [-0.39, 0.29) is 48.2 Å².